The van der Waals surface area contributed by atoms with Gasteiger partial charge in [-0.25, -0.2) is 0 Å². The third kappa shape index (κ3) is 8.45. The largest absolute Gasteiger partial charge is 0.492 e. The van der Waals surface area contributed by atoms with Crippen molar-refractivity contribution in [3.63, 3.8) is 0 Å². The van der Waals surface area contributed by atoms with E-state index in [-0.39, 0.29) is 5.41 Å². The first-order valence-electron chi connectivity index (χ1n) is 8.28. The number of rotatable bonds is 9. The summed E-state index contributed by atoms with van der Waals surface area (Å²) in [5, 5.41) is 3.04. The van der Waals surface area contributed by atoms with Crippen LogP contribution >= 0.6 is 0 Å². The first-order chi connectivity index (χ1) is 10.9. The van der Waals surface area contributed by atoms with Crippen molar-refractivity contribution in [1.29, 1.82) is 0 Å². The highest BCUT2D eigenvalue weighted by atomic mass is 16.5. The fourth-order valence-electron chi connectivity index (χ4n) is 1.97. The van der Waals surface area contributed by atoms with E-state index in [1.54, 1.807) is 0 Å². The average molecular weight is 321 g/mol. The molecule has 0 aromatic heterocycles. The Balaban J connectivity index is 2.20. The van der Waals surface area contributed by atoms with Gasteiger partial charge in [-0.15, -0.1) is 0 Å². The van der Waals surface area contributed by atoms with E-state index in [2.05, 4.69) is 43.2 Å². The van der Waals surface area contributed by atoms with Crippen molar-refractivity contribution in [2.75, 3.05) is 32.9 Å². The fraction of sp³-hybridized carbons (Fsp3) is 0.611. The minimum Gasteiger partial charge on any atom is -0.492 e. The predicted molar refractivity (Wildman–Crippen MR) is 96.2 cm³/mol. The van der Waals surface area contributed by atoms with Gasteiger partial charge in [-0.3, -0.25) is 4.99 Å². The van der Waals surface area contributed by atoms with E-state index >= 15 is 0 Å². The highest BCUT2D eigenvalue weighted by Gasteiger charge is 2.12. The zero-order valence-electron chi connectivity index (χ0n) is 14.9. The lowest BCUT2D eigenvalue weighted by Crippen LogP contribution is -2.34. The van der Waals surface area contributed by atoms with Crippen LogP contribution in [0.2, 0.25) is 0 Å². The van der Waals surface area contributed by atoms with Gasteiger partial charge in [0.15, 0.2) is 5.96 Å². The van der Waals surface area contributed by atoms with Gasteiger partial charge in [0.1, 0.15) is 12.4 Å². The Morgan fingerprint density at radius 2 is 1.87 bits per heavy atom. The second kappa shape index (κ2) is 10.1. The number of hydrogen-bond donors (Lipinski definition) is 2. The lowest BCUT2D eigenvalue weighted by Gasteiger charge is -2.19. The van der Waals surface area contributed by atoms with Crippen molar-refractivity contribution in [3.8, 4) is 5.75 Å². The average Bonchev–Trinajstić information content (AvgIpc) is 2.51. The Morgan fingerprint density at radius 1 is 1.17 bits per heavy atom. The van der Waals surface area contributed by atoms with Crippen LogP contribution in [0.15, 0.2) is 29.3 Å². The molecule has 0 atom stereocenters. The summed E-state index contributed by atoms with van der Waals surface area (Å²) in [6.07, 6.45) is 0.882. The van der Waals surface area contributed by atoms with Gasteiger partial charge in [-0.05, 0) is 36.5 Å². The lowest BCUT2D eigenvalue weighted by atomic mass is 9.87. The van der Waals surface area contributed by atoms with Gasteiger partial charge in [0.2, 0.25) is 0 Å². The molecule has 0 fully saturated rings. The molecule has 0 saturated carbocycles. The maximum atomic E-state index is 5.78. The minimum atomic E-state index is 0.160. The molecule has 23 heavy (non-hydrogen) atoms. The van der Waals surface area contributed by atoms with Gasteiger partial charge in [0.05, 0.1) is 6.54 Å². The Labute approximate surface area is 140 Å². The number of aliphatic imine (C=N–C) groups is 1. The van der Waals surface area contributed by atoms with Crippen molar-refractivity contribution in [3.05, 3.63) is 29.8 Å². The van der Waals surface area contributed by atoms with E-state index < -0.39 is 0 Å². The number of nitrogens with zero attached hydrogens (tertiary/aromatic N) is 1. The number of guanidine groups is 1. The first-order valence-corrected chi connectivity index (χ1v) is 8.28. The number of hydrogen-bond acceptors (Lipinski definition) is 3. The Hall–Kier alpha value is -1.75. The van der Waals surface area contributed by atoms with Crippen molar-refractivity contribution in [2.45, 2.75) is 39.5 Å². The third-order valence-electron chi connectivity index (χ3n) is 3.33. The normalized spacial score (nSPS) is 12.3. The lowest BCUT2D eigenvalue weighted by molar-refractivity contribution is 0.146. The van der Waals surface area contributed by atoms with E-state index in [9.17, 15) is 0 Å². The third-order valence-corrected chi connectivity index (χ3v) is 3.33. The second-order valence-electron chi connectivity index (χ2n) is 6.37. The predicted octanol–water partition coefficient (Wildman–Crippen LogP) is 2.69. The van der Waals surface area contributed by atoms with Crippen LogP contribution < -0.4 is 15.8 Å². The van der Waals surface area contributed by atoms with Gasteiger partial charge in [0, 0.05) is 19.8 Å². The molecule has 0 saturated heterocycles. The number of benzene rings is 1. The van der Waals surface area contributed by atoms with Crippen molar-refractivity contribution < 1.29 is 9.47 Å². The summed E-state index contributed by atoms with van der Waals surface area (Å²) in [6, 6.07) is 8.23. The minimum absolute atomic E-state index is 0.160. The quantitative estimate of drug-likeness (QED) is 0.417. The van der Waals surface area contributed by atoms with Crippen LogP contribution in [-0.4, -0.2) is 38.9 Å². The molecular weight excluding hydrogens is 290 g/mol. The number of nitrogens with one attached hydrogen (secondary N) is 1. The molecule has 130 valence electrons. The first kappa shape index (κ1) is 19.3. The van der Waals surface area contributed by atoms with Crippen molar-refractivity contribution >= 4 is 5.96 Å². The molecule has 0 heterocycles. The Morgan fingerprint density at radius 3 is 2.48 bits per heavy atom. The molecule has 0 spiro atoms. The fourth-order valence-corrected chi connectivity index (χ4v) is 1.97. The molecule has 0 aliphatic carbocycles. The van der Waals surface area contributed by atoms with E-state index in [0.717, 1.165) is 25.4 Å². The number of ether oxygens (including phenoxy) is 2. The van der Waals surface area contributed by atoms with Crippen LogP contribution in [0, 0.1) is 0 Å². The molecular formula is C18H31N3O2. The van der Waals surface area contributed by atoms with Crippen LogP contribution in [0.5, 0.6) is 5.75 Å². The van der Waals surface area contributed by atoms with E-state index in [1.165, 1.54) is 5.56 Å². The summed E-state index contributed by atoms with van der Waals surface area (Å²) < 4.78 is 10.9. The van der Waals surface area contributed by atoms with E-state index in [4.69, 9.17) is 15.2 Å². The molecule has 3 N–H and O–H groups in total. The summed E-state index contributed by atoms with van der Waals surface area (Å²) in [4.78, 5) is 4.23. The van der Waals surface area contributed by atoms with E-state index in [0.29, 0.717) is 25.7 Å². The molecule has 1 rings (SSSR count). The Bertz CT molecular complexity index is 464. The maximum Gasteiger partial charge on any atom is 0.188 e. The maximum absolute atomic E-state index is 5.78. The topological polar surface area (TPSA) is 68.9 Å². The van der Waals surface area contributed by atoms with Crippen LogP contribution in [-0.2, 0) is 10.2 Å². The Kier molecular flexibility index (Phi) is 8.48. The molecule has 0 unspecified atom stereocenters. The van der Waals surface area contributed by atoms with Gasteiger partial charge >= 0.3 is 0 Å². The second-order valence-corrected chi connectivity index (χ2v) is 6.37. The number of nitrogens with two attached hydrogens (primary N) is 1. The van der Waals surface area contributed by atoms with Crippen molar-refractivity contribution in [2.24, 2.45) is 10.7 Å². The highest BCUT2D eigenvalue weighted by Crippen LogP contribution is 2.24. The summed E-state index contributed by atoms with van der Waals surface area (Å²) in [5.74, 6) is 1.32. The zero-order chi connectivity index (χ0) is 17.1. The van der Waals surface area contributed by atoms with E-state index in [1.807, 2.05) is 19.1 Å². The zero-order valence-corrected chi connectivity index (χ0v) is 14.9. The summed E-state index contributed by atoms with van der Waals surface area (Å²) in [5.41, 5.74) is 7.24. The summed E-state index contributed by atoms with van der Waals surface area (Å²) in [6.45, 7) is 11.9. The highest BCUT2D eigenvalue weighted by molar-refractivity contribution is 5.77. The molecule has 0 bridgehead atoms. The summed E-state index contributed by atoms with van der Waals surface area (Å²) in [7, 11) is 0. The van der Waals surface area contributed by atoms with Gasteiger partial charge < -0.3 is 20.5 Å². The molecule has 5 heteroatoms. The van der Waals surface area contributed by atoms with Gasteiger partial charge in [0.25, 0.3) is 0 Å². The SMILES string of the molecule is CCOCCCN=C(N)NCCOc1ccc(C(C)(C)C)cc1. The standard InChI is InChI=1S/C18H31N3O2/c1-5-22-13-6-11-20-17(19)21-12-14-23-16-9-7-15(8-10-16)18(2,3)4/h7-10H,5-6,11-14H2,1-4H3,(H3,19,20,21). The van der Waals surface area contributed by atoms with Crippen molar-refractivity contribution in [1.82, 2.24) is 5.32 Å². The van der Waals surface area contributed by atoms with Crippen LogP contribution in [0.25, 0.3) is 0 Å². The van der Waals surface area contributed by atoms with Gasteiger partial charge in [-0.2, -0.15) is 0 Å². The van der Waals surface area contributed by atoms with Crippen LogP contribution in [0.3, 0.4) is 0 Å². The molecule has 1 aromatic rings. The molecule has 0 radical (unpaired) electrons. The summed E-state index contributed by atoms with van der Waals surface area (Å²) >= 11 is 0. The van der Waals surface area contributed by atoms with Gasteiger partial charge in [-0.1, -0.05) is 32.9 Å². The molecule has 0 amide bonds. The molecule has 5 nitrogen and oxygen atoms in total. The molecule has 1 aromatic carbocycles. The van der Waals surface area contributed by atoms with Crippen LogP contribution in [0.4, 0.5) is 0 Å². The molecule has 0 aliphatic rings. The molecule has 0 aliphatic heterocycles. The monoisotopic (exact) mass is 321 g/mol. The smallest absolute Gasteiger partial charge is 0.188 e. The van der Waals surface area contributed by atoms with Crippen LogP contribution in [0.1, 0.15) is 39.7 Å².